The van der Waals surface area contributed by atoms with Gasteiger partial charge in [0.2, 0.25) is 0 Å². The van der Waals surface area contributed by atoms with Gasteiger partial charge in [-0.15, -0.1) is 0 Å². The van der Waals surface area contributed by atoms with Crippen LogP contribution in [0.5, 0.6) is 0 Å². The number of carbonyl (C=O) groups is 1. The fourth-order valence-electron chi connectivity index (χ4n) is 2.41. The van der Waals surface area contributed by atoms with Crippen LogP contribution in [0.4, 0.5) is 4.79 Å². The Morgan fingerprint density at radius 1 is 1.39 bits per heavy atom. The number of ether oxygens (including phenoxy) is 1. The fraction of sp³-hybridized carbons (Fsp3) is 0.929. The molecule has 1 saturated carbocycles. The van der Waals surface area contributed by atoms with Gasteiger partial charge in [-0.25, -0.2) is 4.79 Å². The van der Waals surface area contributed by atoms with Crippen LogP contribution in [0.2, 0.25) is 0 Å². The number of aliphatic hydroxyl groups is 1. The molecule has 0 aliphatic heterocycles. The Hall–Kier alpha value is -0.770. The molecule has 1 aliphatic carbocycles. The van der Waals surface area contributed by atoms with E-state index in [0.29, 0.717) is 0 Å². The lowest BCUT2D eigenvalue weighted by Crippen LogP contribution is -2.43. The van der Waals surface area contributed by atoms with Gasteiger partial charge in [-0.05, 0) is 58.3 Å². The Morgan fingerprint density at radius 3 is 2.39 bits per heavy atom. The number of carbonyl (C=O) groups excluding carboxylic acids is 1. The summed E-state index contributed by atoms with van der Waals surface area (Å²) in [5, 5.41) is 11.8. The van der Waals surface area contributed by atoms with Crippen LogP contribution in [0.3, 0.4) is 0 Å². The van der Waals surface area contributed by atoms with Gasteiger partial charge in [0.05, 0.1) is 0 Å². The van der Waals surface area contributed by atoms with Crippen molar-refractivity contribution in [1.29, 1.82) is 0 Å². The number of rotatable bonds is 3. The van der Waals surface area contributed by atoms with E-state index in [0.717, 1.165) is 32.1 Å². The van der Waals surface area contributed by atoms with Gasteiger partial charge in [0.15, 0.2) is 0 Å². The van der Waals surface area contributed by atoms with Gasteiger partial charge >= 0.3 is 6.09 Å². The molecule has 0 spiro atoms. The largest absolute Gasteiger partial charge is 0.446 e. The highest BCUT2D eigenvalue weighted by Crippen LogP contribution is 2.39. The van der Waals surface area contributed by atoms with Crippen LogP contribution in [0.25, 0.3) is 0 Å². The van der Waals surface area contributed by atoms with Crippen LogP contribution in [0, 0.1) is 5.41 Å². The summed E-state index contributed by atoms with van der Waals surface area (Å²) in [5.41, 5.74) is -0.0355. The summed E-state index contributed by atoms with van der Waals surface area (Å²) in [6.07, 6.45) is 4.37. The van der Waals surface area contributed by atoms with Crippen molar-refractivity contribution in [3.63, 3.8) is 0 Å². The summed E-state index contributed by atoms with van der Waals surface area (Å²) in [4.78, 5) is 11.6. The summed E-state index contributed by atoms with van der Waals surface area (Å²) in [6.45, 7) is 8.26. The van der Waals surface area contributed by atoms with Crippen molar-refractivity contribution in [1.82, 2.24) is 5.32 Å². The van der Waals surface area contributed by atoms with Crippen molar-refractivity contribution >= 4 is 6.09 Å². The second kappa shape index (κ2) is 5.91. The van der Waals surface area contributed by atoms with Gasteiger partial charge in [0, 0.05) is 12.1 Å². The fourth-order valence-corrected chi connectivity index (χ4v) is 2.41. The van der Waals surface area contributed by atoms with Crippen LogP contribution >= 0.6 is 0 Å². The molecule has 0 heterocycles. The lowest BCUT2D eigenvalue weighted by atomic mass is 9.73. The zero-order chi connectivity index (χ0) is 13.8. The second-order valence-electron chi connectivity index (χ2n) is 6.76. The molecule has 1 aliphatic rings. The number of hydrogen-bond donors (Lipinski definition) is 2. The molecule has 4 heteroatoms. The van der Waals surface area contributed by atoms with Crippen molar-refractivity contribution in [3.05, 3.63) is 0 Å². The molecule has 0 aromatic heterocycles. The first-order valence-electron chi connectivity index (χ1n) is 6.84. The normalized spacial score (nSPS) is 28.8. The Bertz CT molecular complexity index is 275. The number of hydrogen-bond acceptors (Lipinski definition) is 3. The first-order chi connectivity index (χ1) is 8.24. The third kappa shape index (κ3) is 5.25. The zero-order valence-electron chi connectivity index (χ0n) is 12.1. The highest BCUT2D eigenvalue weighted by Gasteiger charge is 2.32. The molecule has 0 atom stereocenters. The summed E-state index contributed by atoms with van der Waals surface area (Å²) >= 11 is 0. The van der Waals surface area contributed by atoms with E-state index in [1.54, 1.807) is 0 Å². The topological polar surface area (TPSA) is 58.6 Å². The average Bonchev–Trinajstić information content (AvgIpc) is 2.19. The minimum absolute atomic E-state index is 0.0270. The minimum atomic E-state index is -0.321. The van der Waals surface area contributed by atoms with Crippen LogP contribution in [-0.4, -0.2) is 29.4 Å². The second-order valence-corrected chi connectivity index (χ2v) is 6.76. The van der Waals surface area contributed by atoms with Gasteiger partial charge in [-0.3, -0.25) is 0 Å². The molecule has 0 saturated heterocycles. The Balaban J connectivity index is 2.33. The Morgan fingerprint density at radius 2 is 1.94 bits per heavy atom. The molecule has 106 valence electrons. The molecule has 1 fully saturated rings. The van der Waals surface area contributed by atoms with Crippen molar-refractivity contribution in [2.75, 3.05) is 6.61 Å². The standard InChI is InChI=1S/C14H27NO3/c1-13(2,3)15-12(17)18-11-5-7-14(4,8-6-11)9-10-16/h11,16H,5-10H2,1-4H3,(H,15,17). The zero-order valence-corrected chi connectivity index (χ0v) is 12.1. The monoisotopic (exact) mass is 257 g/mol. The number of aliphatic hydroxyl groups excluding tert-OH is 1. The van der Waals surface area contributed by atoms with Crippen LogP contribution in [-0.2, 0) is 4.74 Å². The van der Waals surface area contributed by atoms with E-state index < -0.39 is 0 Å². The molecule has 0 radical (unpaired) electrons. The molecule has 0 bridgehead atoms. The predicted molar refractivity (Wildman–Crippen MR) is 71.4 cm³/mol. The van der Waals surface area contributed by atoms with E-state index in [1.807, 2.05) is 20.8 Å². The van der Waals surface area contributed by atoms with E-state index in [4.69, 9.17) is 9.84 Å². The van der Waals surface area contributed by atoms with Crippen molar-refractivity contribution < 1.29 is 14.6 Å². The summed E-state index contributed by atoms with van der Waals surface area (Å²) in [5.74, 6) is 0. The van der Waals surface area contributed by atoms with E-state index in [-0.39, 0.29) is 29.8 Å². The molecule has 0 unspecified atom stereocenters. The first kappa shape index (κ1) is 15.3. The first-order valence-corrected chi connectivity index (χ1v) is 6.84. The van der Waals surface area contributed by atoms with E-state index >= 15 is 0 Å². The van der Waals surface area contributed by atoms with Gasteiger partial charge in [-0.1, -0.05) is 6.92 Å². The SMILES string of the molecule is CC1(CCO)CCC(OC(=O)NC(C)(C)C)CC1. The average molecular weight is 257 g/mol. The van der Waals surface area contributed by atoms with Gasteiger partial charge in [0.1, 0.15) is 6.10 Å². The van der Waals surface area contributed by atoms with Gasteiger partial charge < -0.3 is 15.2 Å². The van der Waals surface area contributed by atoms with Gasteiger partial charge in [0.25, 0.3) is 0 Å². The highest BCUT2D eigenvalue weighted by atomic mass is 16.6. The van der Waals surface area contributed by atoms with Crippen LogP contribution in [0.1, 0.15) is 59.8 Å². The molecule has 4 nitrogen and oxygen atoms in total. The van der Waals surface area contributed by atoms with Crippen molar-refractivity contribution in [3.8, 4) is 0 Å². The maximum absolute atomic E-state index is 11.6. The quantitative estimate of drug-likeness (QED) is 0.817. The predicted octanol–water partition coefficient (Wildman–Crippen LogP) is 2.84. The molecule has 1 amide bonds. The molecule has 2 N–H and O–H groups in total. The lowest BCUT2D eigenvalue weighted by Gasteiger charge is -2.37. The smallest absolute Gasteiger partial charge is 0.407 e. The maximum Gasteiger partial charge on any atom is 0.407 e. The van der Waals surface area contributed by atoms with Crippen molar-refractivity contribution in [2.24, 2.45) is 5.41 Å². The summed E-state index contributed by atoms with van der Waals surface area (Å²) in [6, 6.07) is 0. The molecular formula is C14H27NO3. The maximum atomic E-state index is 11.6. The van der Waals surface area contributed by atoms with E-state index in [9.17, 15) is 4.79 Å². The molecule has 0 aromatic rings. The van der Waals surface area contributed by atoms with Crippen LogP contribution in [0.15, 0.2) is 0 Å². The van der Waals surface area contributed by atoms with E-state index in [2.05, 4.69) is 12.2 Å². The Labute approximate surface area is 110 Å². The summed E-state index contributed by atoms with van der Waals surface area (Å²) < 4.78 is 5.43. The number of amides is 1. The lowest BCUT2D eigenvalue weighted by molar-refractivity contribution is 0.0317. The molecule has 1 rings (SSSR count). The Kier molecular flexibility index (Phi) is 5.02. The number of nitrogens with one attached hydrogen (secondary N) is 1. The van der Waals surface area contributed by atoms with Crippen molar-refractivity contribution in [2.45, 2.75) is 71.4 Å². The molecule has 0 aromatic carbocycles. The third-order valence-corrected chi connectivity index (χ3v) is 3.61. The summed E-state index contributed by atoms with van der Waals surface area (Å²) in [7, 11) is 0. The number of alkyl carbamates (subject to hydrolysis) is 1. The third-order valence-electron chi connectivity index (χ3n) is 3.61. The molecule has 18 heavy (non-hydrogen) atoms. The van der Waals surface area contributed by atoms with E-state index in [1.165, 1.54) is 0 Å². The highest BCUT2D eigenvalue weighted by molar-refractivity contribution is 5.68. The van der Waals surface area contributed by atoms with Gasteiger partial charge in [-0.2, -0.15) is 0 Å². The van der Waals surface area contributed by atoms with Crippen LogP contribution < -0.4 is 5.32 Å². The molecular weight excluding hydrogens is 230 g/mol. The minimum Gasteiger partial charge on any atom is -0.446 e.